The minimum atomic E-state index is 1.00. The van der Waals surface area contributed by atoms with Gasteiger partial charge in [0.1, 0.15) is 10.7 Å². The van der Waals surface area contributed by atoms with Gasteiger partial charge in [-0.3, -0.25) is 4.68 Å². The van der Waals surface area contributed by atoms with Gasteiger partial charge in [0.25, 0.3) is 0 Å². The molecular weight excluding hydrogens is 230 g/mol. The number of aromatic nitrogens is 3. The molecule has 2 aromatic heterocycles. The maximum absolute atomic E-state index is 4.78. The molecule has 3 rings (SSSR count). The Labute approximate surface area is 106 Å². The van der Waals surface area contributed by atoms with Crippen LogP contribution in [-0.4, -0.2) is 14.8 Å². The lowest BCUT2D eigenvalue weighted by Crippen LogP contribution is -2.02. The van der Waals surface area contributed by atoms with Crippen molar-refractivity contribution in [3.63, 3.8) is 0 Å². The number of aryl methyl sites for hydroxylation is 2. The largest absolute Gasteiger partial charge is 0.262 e. The van der Waals surface area contributed by atoms with Crippen LogP contribution in [0.1, 0.15) is 37.4 Å². The Balaban J connectivity index is 2.12. The highest BCUT2D eigenvalue weighted by molar-refractivity contribution is 7.13. The predicted octanol–water partition coefficient (Wildman–Crippen LogP) is 3.30. The minimum absolute atomic E-state index is 1.00. The summed E-state index contributed by atoms with van der Waals surface area (Å²) in [5, 5.41) is 7.96. The summed E-state index contributed by atoms with van der Waals surface area (Å²) in [7, 11) is 0. The molecule has 0 saturated heterocycles. The van der Waals surface area contributed by atoms with E-state index < -0.39 is 0 Å². The monoisotopic (exact) mass is 247 g/mol. The Bertz CT molecular complexity index is 499. The number of hydrogen-bond acceptors (Lipinski definition) is 3. The lowest BCUT2D eigenvalue weighted by Gasteiger charge is -2.10. The molecule has 4 heteroatoms. The van der Waals surface area contributed by atoms with E-state index in [9.17, 15) is 0 Å². The Hall–Kier alpha value is -1.16. The van der Waals surface area contributed by atoms with E-state index >= 15 is 0 Å². The van der Waals surface area contributed by atoms with E-state index in [-0.39, 0.29) is 0 Å². The molecule has 17 heavy (non-hydrogen) atoms. The van der Waals surface area contributed by atoms with E-state index in [0.717, 1.165) is 24.4 Å². The van der Waals surface area contributed by atoms with Crippen LogP contribution in [-0.2, 0) is 19.4 Å². The maximum atomic E-state index is 4.78. The normalized spacial score (nSPS) is 14.9. The zero-order chi connectivity index (χ0) is 11.7. The molecule has 3 nitrogen and oxygen atoms in total. The van der Waals surface area contributed by atoms with Crippen molar-refractivity contribution in [2.75, 3.05) is 0 Å². The second kappa shape index (κ2) is 4.61. The van der Waals surface area contributed by atoms with Crippen molar-refractivity contribution in [3.05, 3.63) is 22.8 Å². The van der Waals surface area contributed by atoms with Crippen LogP contribution in [0, 0.1) is 0 Å². The zero-order valence-electron chi connectivity index (χ0n) is 10.1. The molecule has 90 valence electrons. The van der Waals surface area contributed by atoms with Crippen molar-refractivity contribution < 1.29 is 0 Å². The summed E-state index contributed by atoms with van der Waals surface area (Å²) in [6.07, 6.45) is 7.91. The number of thiazole rings is 1. The number of nitrogens with zero attached hydrogens (tertiary/aromatic N) is 3. The van der Waals surface area contributed by atoms with Gasteiger partial charge in [0.2, 0.25) is 0 Å². The molecule has 0 fully saturated rings. The first kappa shape index (κ1) is 11.0. The molecule has 0 amide bonds. The predicted molar refractivity (Wildman–Crippen MR) is 70.3 cm³/mol. The van der Waals surface area contributed by atoms with Crippen molar-refractivity contribution >= 4 is 11.3 Å². The van der Waals surface area contributed by atoms with Gasteiger partial charge in [-0.15, -0.1) is 11.3 Å². The fraction of sp³-hybridized carbons (Fsp3) is 0.538. The van der Waals surface area contributed by atoms with E-state index in [1.54, 1.807) is 11.3 Å². The number of rotatable bonds is 3. The Morgan fingerprint density at radius 3 is 3.00 bits per heavy atom. The first-order valence-electron chi connectivity index (χ1n) is 6.38. The quantitative estimate of drug-likeness (QED) is 0.833. The Morgan fingerprint density at radius 2 is 2.24 bits per heavy atom. The van der Waals surface area contributed by atoms with Gasteiger partial charge in [-0.2, -0.15) is 5.10 Å². The lowest BCUT2D eigenvalue weighted by molar-refractivity contribution is 0.594. The van der Waals surface area contributed by atoms with Gasteiger partial charge in [-0.05, 0) is 32.1 Å². The fourth-order valence-electron chi connectivity index (χ4n) is 2.56. The standard InChI is InChI=1S/C13H17N3S/c1-2-8-16-12(13-14-7-9-17-13)10-5-3-4-6-11(10)15-16/h7,9H,2-6,8H2,1H3. The molecule has 0 aliphatic heterocycles. The van der Waals surface area contributed by atoms with Crippen LogP contribution in [0.4, 0.5) is 0 Å². The van der Waals surface area contributed by atoms with Crippen LogP contribution in [0.25, 0.3) is 10.7 Å². The summed E-state index contributed by atoms with van der Waals surface area (Å²) in [6, 6.07) is 0. The second-order valence-corrected chi connectivity index (χ2v) is 5.44. The average molecular weight is 247 g/mol. The molecule has 0 radical (unpaired) electrons. The average Bonchev–Trinajstić information content (AvgIpc) is 2.94. The van der Waals surface area contributed by atoms with E-state index in [4.69, 9.17) is 5.10 Å². The molecule has 1 aliphatic carbocycles. The smallest absolute Gasteiger partial charge is 0.141 e. The number of hydrogen-bond donors (Lipinski definition) is 0. The van der Waals surface area contributed by atoms with Crippen LogP contribution in [0.2, 0.25) is 0 Å². The highest BCUT2D eigenvalue weighted by Crippen LogP contribution is 2.32. The summed E-state index contributed by atoms with van der Waals surface area (Å²) in [4.78, 5) is 4.47. The van der Waals surface area contributed by atoms with Crippen molar-refractivity contribution in [1.29, 1.82) is 0 Å². The van der Waals surface area contributed by atoms with Crippen LogP contribution in [0.3, 0.4) is 0 Å². The fourth-order valence-corrected chi connectivity index (χ4v) is 3.27. The van der Waals surface area contributed by atoms with Crippen molar-refractivity contribution in [1.82, 2.24) is 14.8 Å². The third-order valence-electron chi connectivity index (χ3n) is 3.29. The van der Waals surface area contributed by atoms with Gasteiger partial charge in [0.15, 0.2) is 0 Å². The van der Waals surface area contributed by atoms with Gasteiger partial charge in [-0.1, -0.05) is 6.92 Å². The van der Waals surface area contributed by atoms with Crippen LogP contribution < -0.4 is 0 Å². The van der Waals surface area contributed by atoms with E-state index in [1.807, 2.05) is 11.6 Å². The first-order valence-corrected chi connectivity index (χ1v) is 7.26. The van der Waals surface area contributed by atoms with Crippen LogP contribution in [0.15, 0.2) is 11.6 Å². The maximum Gasteiger partial charge on any atom is 0.141 e. The molecule has 2 aromatic rings. The van der Waals surface area contributed by atoms with Crippen molar-refractivity contribution in [2.45, 2.75) is 45.6 Å². The Kier molecular flexibility index (Phi) is 2.97. The van der Waals surface area contributed by atoms with Gasteiger partial charge in [0.05, 0.1) is 5.69 Å². The summed E-state index contributed by atoms with van der Waals surface area (Å²) >= 11 is 1.72. The van der Waals surface area contributed by atoms with Crippen LogP contribution >= 0.6 is 11.3 Å². The van der Waals surface area contributed by atoms with E-state index in [2.05, 4.69) is 16.6 Å². The molecule has 0 unspecified atom stereocenters. The Morgan fingerprint density at radius 1 is 1.35 bits per heavy atom. The summed E-state index contributed by atoms with van der Waals surface area (Å²) < 4.78 is 2.18. The van der Waals surface area contributed by atoms with Gasteiger partial charge >= 0.3 is 0 Å². The van der Waals surface area contributed by atoms with Gasteiger partial charge in [0, 0.05) is 23.7 Å². The van der Waals surface area contributed by atoms with Gasteiger partial charge < -0.3 is 0 Å². The second-order valence-electron chi connectivity index (χ2n) is 4.54. The molecule has 0 N–H and O–H groups in total. The molecule has 0 spiro atoms. The highest BCUT2D eigenvalue weighted by atomic mass is 32.1. The molecule has 0 bridgehead atoms. The molecular formula is C13H17N3S. The van der Waals surface area contributed by atoms with E-state index in [1.165, 1.54) is 36.2 Å². The molecule has 1 aliphatic rings. The number of fused-ring (bicyclic) bond motifs is 1. The van der Waals surface area contributed by atoms with Crippen molar-refractivity contribution in [3.8, 4) is 10.7 Å². The van der Waals surface area contributed by atoms with Gasteiger partial charge in [-0.25, -0.2) is 4.98 Å². The summed E-state index contributed by atoms with van der Waals surface area (Å²) in [6.45, 7) is 3.20. The highest BCUT2D eigenvalue weighted by Gasteiger charge is 2.22. The summed E-state index contributed by atoms with van der Waals surface area (Å²) in [5.74, 6) is 0. The SMILES string of the molecule is CCCn1nc2c(c1-c1nccs1)CCCC2. The molecule has 2 heterocycles. The molecule has 0 aromatic carbocycles. The first-order chi connectivity index (χ1) is 8.40. The molecule has 0 atom stereocenters. The van der Waals surface area contributed by atoms with E-state index in [0.29, 0.717) is 0 Å². The minimum Gasteiger partial charge on any atom is -0.262 e. The lowest BCUT2D eigenvalue weighted by atomic mass is 9.96. The van der Waals surface area contributed by atoms with Crippen LogP contribution in [0.5, 0.6) is 0 Å². The zero-order valence-corrected chi connectivity index (χ0v) is 11.0. The summed E-state index contributed by atoms with van der Waals surface area (Å²) in [5.41, 5.74) is 4.06. The third kappa shape index (κ3) is 1.90. The topological polar surface area (TPSA) is 30.7 Å². The third-order valence-corrected chi connectivity index (χ3v) is 4.07. The van der Waals surface area contributed by atoms with Crippen molar-refractivity contribution in [2.24, 2.45) is 0 Å². The molecule has 0 saturated carbocycles.